The number of nitrogens with zero attached hydrogens (tertiary/aromatic N) is 3. The zero-order valence-electron chi connectivity index (χ0n) is 11.8. The van der Waals surface area contributed by atoms with E-state index in [1.165, 1.54) is 0 Å². The Hall–Kier alpha value is -2.10. The average Bonchev–Trinajstić information content (AvgIpc) is 2.72. The fraction of sp³-hybridized carbons (Fsp3) is 0.333. The molecule has 0 bridgehead atoms. The van der Waals surface area contributed by atoms with E-state index in [4.69, 9.17) is 4.74 Å². The Bertz CT molecular complexity index is 582. The van der Waals surface area contributed by atoms with Crippen LogP contribution >= 0.6 is 0 Å². The number of hydrogen-bond acceptors (Lipinski definition) is 3. The molecule has 1 aromatic heterocycles. The van der Waals surface area contributed by atoms with Gasteiger partial charge < -0.3 is 4.74 Å². The van der Waals surface area contributed by atoms with E-state index in [0.717, 1.165) is 34.9 Å². The highest BCUT2D eigenvalue weighted by molar-refractivity contribution is 5.82. The van der Waals surface area contributed by atoms with Gasteiger partial charge in [0.05, 0.1) is 18.5 Å². The maximum Gasteiger partial charge on any atom is 0.118 e. The van der Waals surface area contributed by atoms with E-state index in [9.17, 15) is 0 Å². The number of benzene rings is 1. The molecular formula is C15H19N3O. The van der Waals surface area contributed by atoms with Gasteiger partial charge in [-0.2, -0.15) is 5.10 Å². The van der Waals surface area contributed by atoms with Crippen LogP contribution in [0, 0.1) is 13.8 Å². The highest BCUT2D eigenvalue weighted by atomic mass is 16.5. The second-order valence-corrected chi connectivity index (χ2v) is 4.37. The molecule has 0 N–H and O–H groups in total. The van der Waals surface area contributed by atoms with Gasteiger partial charge in [0.1, 0.15) is 11.4 Å². The van der Waals surface area contributed by atoms with E-state index in [-0.39, 0.29) is 0 Å². The zero-order chi connectivity index (χ0) is 13.8. The van der Waals surface area contributed by atoms with Crippen LogP contribution in [-0.4, -0.2) is 23.1 Å². The minimum Gasteiger partial charge on any atom is -0.497 e. The van der Waals surface area contributed by atoms with Gasteiger partial charge in [-0.25, -0.2) is 0 Å². The van der Waals surface area contributed by atoms with E-state index < -0.39 is 0 Å². The molecule has 0 atom stereocenters. The van der Waals surface area contributed by atoms with Gasteiger partial charge >= 0.3 is 0 Å². The van der Waals surface area contributed by atoms with E-state index in [1.807, 2.05) is 49.0 Å². The topological polar surface area (TPSA) is 39.4 Å². The summed E-state index contributed by atoms with van der Waals surface area (Å²) in [6.07, 6.45) is 1.86. The molecule has 0 aliphatic heterocycles. The second-order valence-electron chi connectivity index (χ2n) is 4.37. The minimum absolute atomic E-state index is 0.850. The summed E-state index contributed by atoms with van der Waals surface area (Å²) in [4.78, 5) is 4.55. The molecule has 4 heteroatoms. The third-order valence-electron chi connectivity index (χ3n) is 3.10. The molecule has 0 aliphatic carbocycles. The molecule has 2 rings (SSSR count). The molecule has 19 heavy (non-hydrogen) atoms. The Labute approximate surface area is 113 Å². The highest BCUT2D eigenvalue weighted by Crippen LogP contribution is 2.22. The van der Waals surface area contributed by atoms with Crippen LogP contribution in [-0.2, 0) is 6.54 Å². The summed E-state index contributed by atoms with van der Waals surface area (Å²) in [5.41, 5.74) is 4.07. The largest absolute Gasteiger partial charge is 0.497 e. The van der Waals surface area contributed by atoms with Crippen LogP contribution in [0.15, 0.2) is 29.3 Å². The fourth-order valence-corrected chi connectivity index (χ4v) is 2.01. The first-order chi connectivity index (χ1) is 9.15. The molecule has 0 amide bonds. The van der Waals surface area contributed by atoms with Crippen LogP contribution in [0.1, 0.15) is 23.9 Å². The van der Waals surface area contributed by atoms with Crippen molar-refractivity contribution in [2.45, 2.75) is 27.3 Å². The molecule has 0 saturated carbocycles. The maximum absolute atomic E-state index is 5.13. The number of hydrogen-bond donors (Lipinski definition) is 0. The summed E-state index contributed by atoms with van der Waals surface area (Å²) in [5.74, 6) is 0.850. The smallest absolute Gasteiger partial charge is 0.118 e. The van der Waals surface area contributed by atoms with E-state index in [0.29, 0.717) is 0 Å². The number of aryl methyl sites for hydroxylation is 2. The molecule has 2 aromatic rings. The molecule has 0 saturated heterocycles. The lowest BCUT2D eigenvalue weighted by Gasteiger charge is -1.99. The molecule has 4 nitrogen and oxygen atoms in total. The van der Waals surface area contributed by atoms with E-state index in [1.54, 1.807) is 7.11 Å². The normalized spacial score (nSPS) is 11.2. The third kappa shape index (κ3) is 2.84. The molecule has 0 unspecified atom stereocenters. The number of rotatable bonds is 4. The van der Waals surface area contributed by atoms with Crippen molar-refractivity contribution in [3.63, 3.8) is 0 Å². The standard InChI is InChI=1S/C15H19N3O/c1-5-18-12(3)15(11(2)17-18)16-10-13-6-8-14(19-4)9-7-13/h6-10H,5H2,1-4H3. The van der Waals surface area contributed by atoms with Crippen molar-refractivity contribution in [1.29, 1.82) is 0 Å². The monoisotopic (exact) mass is 257 g/mol. The molecule has 0 radical (unpaired) electrons. The lowest BCUT2D eigenvalue weighted by atomic mass is 10.2. The van der Waals surface area contributed by atoms with Crippen molar-refractivity contribution in [1.82, 2.24) is 9.78 Å². The van der Waals surface area contributed by atoms with Crippen molar-refractivity contribution in [3.8, 4) is 5.75 Å². The summed E-state index contributed by atoms with van der Waals surface area (Å²) >= 11 is 0. The lowest BCUT2D eigenvalue weighted by molar-refractivity contribution is 0.415. The van der Waals surface area contributed by atoms with Crippen molar-refractivity contribution in [2.75, 3.05) is 7.11 Å². The lowest BCUT2D eigenvalue weighted by Crippen LogP contribution is -1.98. The van der Waals surface area contributed by atoms with Crippen LogP contribution in [0.4, 0.5) is 5.69 Å². The van der Waals surface area contributed by atoms with Gasteiger partial charge in [-0.3, -0.25) is 9.67 Å². The summed E-state index contributed by atoms with van der Waals surface area (Å²) in [5, 5.41) is 4.45. The van der Waals surface area contributed by atoms with Crippen LogP contribution in [0.25, 0.3) is 0 Å². The SMILES string of the molecule is CCn1nc(C)c(N=Cc2ccc(OC)cc2)c1C. The number of aromatic nitrogens is 2. The Kier molecular flexibility index (Phi) is 4.00. The molecule has 1 aromatic carbocycles. The van der Waals surface area contributed by atoms with Crippen LogP contribution in [0.5, 0.6) is 5.75 Å². The van der Waals surface area contributed by atoms with Crippen molar-refractivity contribution < 1.29 is 4.74 Å². The zero-order valence-corrected chi connectivity index (χ0v) is 11.8. The molecule has 0 fully saturated rings. The Morgan fingerprint density at radius 2 is 1.95 bits per heavy atom. The predicted molar refractivity (Wildman–Crippen MR) is 77.6 cm³/mol. The third-order valence-corrected chi connectivity index (χ3v) is 3.10. The first-order valence-corrected chi connectivity index (χ1v) is 6.37. The van der Waals surface area contributed by atoms with Crippen LogP contribution < -0.4 is 4.74 Å². The van der Waals surface area contributed by atoms with Gasteiger partial charge in [-0.1, -0.05) is 0 Å². The summed E-state index contributed by atoms with van der Waals surface area (Å²) in [6, 6.07) is 7.82. The van der Waals surface area contributed by atoms with E-state index >= 15 is 0 Å². The summed E-state index contributed by atoms with van der Waals surface area (Å²) in [6.45, 7) is 6.98. The van der Waals surface area contributed by atoms with Gasteiger partial charge in [0, 0.05) is 12.8 Å². The van der Waals surface area contributed by atoms with Gasteiger partial charge in [0.15, 0.2) is 0 Å². The summed E-state index contributed by atoms with van der Waals surface area (Å²) in [7, 11) is 1.66. The Morgan fingerprint density at radius 3 is 2.47 bits per heavy atom. The molecule has 1 heterocycles. The number of aliphatic imine (C=N–C) groups is 1. The van der Waals surface area contributed by atoms with Crippen molar-refractivity contribution in [2.24, 2.45) is 4.99 Å². The number of ether oxygens (including phenoxy) is 1. The quantitative estimate of drug-likeness (QED) is 0.788. The van der Waals surface area contributed by atoms with Crippen molar-refractivity contribution in [3.05, 3.63) is 41.2 Å². The maximum atomic E-state index is 5.13. The average molecular weight is 257 g/mol. The van der Waals surface area contributed by atoms with Gasteiger partial charge in [0.25, 0.3) is 0 Å². The van der Waals surface area contributed by atoms with E-state index in [2.05, 4.69) is 17.0 Å². The van der Waals surface area contributed by atoms with Crippen molar-refractivity contribution >= 4 is 11.9 Å². The Morgan fingerprint density at radius 1 is 1.26 bits per heavy atom. The molecule has 100 valence electrons. The minimum atomic E-state index is 0.850. The van der Waals surface area contributed by atoms with Gasteiger partial charge in [0.2, 0.25) is 0 Å². The van der Waals surface area contributed by atoms with Gasteiger partial charge in [-0.05, 0) is 50.6 Å². The molecule has 0 aliphatic rings. The van der Waals surface area contributed by atoms with Crippen LogP contribution in [0.3, 0.4) is 0 Å². The highest BCUT2D eigenvalue weighted by Gasteiger charge is 2.08. The first-order valence-electron chi connectivity index (χ1n) is 6.37. The first kappa shape index (κ1) is 13.3. The molecule has 0 spiro atoms. The number of methoxy groups -OCH3 is 1. The molecular weight excluding hydrogens is 238 g/mol. The fourth-order valence-electron chi connectivity index (χ4n) is 2.01. The summed E-state index contributed by atoms with van der Waals surface area (Å²) < 4.78 is 7.10. The second kappa shape index (κ2) is 5.69. The predicted octanol–water partition coefficient (Wildman–Crippen LogP) is 3.28. The van der Waals surface area contributed by atoms with Crippen LogP contribution in [0.2, 0.25) is 0 Å². The van der Waals surface area contributed by atoms with Gasteiger partial charge in [-0.15, -0.1) is 0 Å². The Balaban J connectivity index is 2.24.